The molecule has 1 heterocycles. The van der Waals surface area contributed by atoms with E-state index in [1.807, 2.05) is 0 Å². The number of oxazole rings is 1. The fourth-order valence-electron chi connectivity index (χ4n) is 1.86. The number of aromatic nitrogens is 1. The summed E-state index contributed by atoms with van der Waals surface area (Å²) in [5.41, 5.74) is 1.75. The van der Waals surface area contributed by atoms with Crippen LogP contribution in [0.5, 0.6) is 0 Å². The summed E-state index contributed by atoms with van der Waals surface area (Å²) >= 11 is 11.9. The van der Waals surface area contributed by atoms with E-state index in [1.54, 1.807) is 24.3 Å². The van der Waals surface area contributed by atoms with Crippen LogP contribution in [-0.4, -0.2) is 27.1 Å². The topological polar surface area (TPSA) is 101 Å². The van der Waals surface area contributed by atoms with Crippen LogP contribution in [-0.2, 0) is 4.79 Å². The highest BCUT2D eigenvalue weighted by atomic mass is 35.5. The lowest BCUT2D eigenvalue weighted by Crippen LogP contribution is -1.94. The van der Waals surface area contributed by atoms with Crippen LogP contribution in [0.1, 0.15) is 17.3 Å². The Bertz CT molecular complexity index is 896. The molecule has 0 saturated heterocycles. The third kappa shape index (κ3) is 4.47. The smallest absolute Gasteiger partial charge is 0.335 e. The van der Waals surface area contributed by atoms with Gasteiger partial charge >= 0.3 is 5.97 Å². The van der Waals surface area contributed by atoms with Crippen molar-refractivity contribution in [3.05, 3.63) is 52.0 Å². The molecule has 0 aliphatic heterocycles. The summed E-state index contributed by atoms with van der Waals surface area (Å²) in [6.45, 7) is 1.08. The SMILES string of the molecule is CC(=O)O.O=C(O)c1ccc2nc(-c3cc(Cl)cc(Cl)c3)oc2c1. The maximum Gasteiger partial charge on any atom is 0.335 e. The number of nitrogens with zero attached hydrogens (tertiary/aromatic N) is 1. The lowest BCUT2D eigenvalue weighted by molar-refractivity contribution is -0.134. The van der Waals surface area contributed by atoms with Gasteiger partial charge in [0.15, 0.2) is 5.58 Å². The van der Waals surface area contributed by atoms with Crippen molar-refractivity contribution in [2.75, 3.05) is 0 Å². The number of benzene rings is 2. The Hall–Kier alpha value is -2.57. The second-order valence-corrected chi connectivity index (χ2v) is 5.56. The van der Waals surface area contributed by atoms with Gasteiger partial charge in [0, 0.05) is 22.5 Å². The maximum absolute atomic E-state index is 10.9. The molecule has 0 saturated carbocycles. The molecule has 0 radical (unpaired) electrons. The molecule has 6 nitrogen and oxygen atoms in total. The lowest BCUT2D eigenvalue weighted by Gasteiger charge is -1.97. The summed E-state index contributed by atoms with van der Waals surface area (Å²) in [6.07, 6.45) is 0. The molecule has 24 heavy (non-hydrogen) atoms. The van der Waals surface area contributed by atoms with E-state index in [0.717, 1.165) is 6.92 Å². The van der Waals surface area contributed by atoms with E-state index >= 15 is 0 Å². The van der Waals surface area contributed by atoms with Crippen molar-refractivity contribution in [2.45, 2.75) is 6.92 Å². The average Bonchev–Trinajstić information content (AvgIpc) is 2.88. The molecule has 0 atom stereocenters. The summed E-state index contributed by atoms with van der Waals surface area (Å²) < 4.78 is 5.56. The van der Waals surface area contributed by atoms with Gasteiger partial charge < -0.3 is 14.6 Å². The fourth-order valence-corrected chi connectivity index (χ4v) is 2.38. The van der Waals surface area contributed by atoms with Gasteiger partial charge in [-0.25, -0.2) is 9.78 Å². The van der Waals surface area contributed by atoms with Crippen LogP contribution in [0.4, 0.5) is 0 Å². The first-order valence-electron chi connectivity index (χ1n) is 6.56. The third-order valence-electron chi connectivity index (χ3n) is 2.74. The molecule has 3 aromatic rings. The summed E-state index contributed by atoms with van der Waals surface area (Å²) in [4.78, 5) is 24.2. The molecule has 3 rings (SSSR count). The number of halogens is 2. The van der Waals surface area contributed by atoms with Gasteiger partial charge in [0.1, 0.15) is 5.52 Å². The number of carbonyl (C=O) groups is 2. The van der Waals surface area contributed by atoms with E-state index in [0.29, 0.717) is 32.6 Å². The maximum atomic E-state index is 10.9. The quantitative estimate of drug-likeness (QED) is 0.686. The Labute approximate surface area is 146 Å². The van der Waals surface area contributed by atoms with Gasteiger partial charge in [-0.1, -0.05) is 23.2 Å². The fraction of sp³-hybridized carbons (Fsp3) is 0.0625. The summed E-state index contributed by atoms with van der Waals surface area (Å²) in [6, 6.07) is 9.46. The number of hydrogen-bond donors (Lipinski definition) is 2. The molecule has 0 bridgehead atoms. The number of aromatic carboxylic acids is 1. The van der Waals surface area contributed by atoms with Crippen LogP contribution >= 0.6 is 23.2 Å². The minimum absolute atomic E-state index is 0.143. The Kier molecular flexibility index (Phi) is 5.43. The van der Waals surface area contributed by atoms with Crippen LogP contribution in [0.2, 0.25) is 10.0 Å². The van der Waals surface area contributed by atoms with Gasteiger partial charge in [-0.2, -0.15) is 0 Å². The molecule has 0 aliphatic rings. The highest BCUT2D eigenvalue weighted by molar-refractivity contribution is 6.35. The molecule has 8 heteroatoms. The van der Waals surface area contributed by atoms with Gasteiger partial charge in [0.05, 0.1) is 5.56 Å². The summed E-state index contributed by atoms with van der Waals surface area (Å²) in [5.74, 6) is -1.51. The molecule has 124 valence electrons. The minimum atomic E-state index is -1.02. The van der Waals surface area contributed by atoms with E-state index in [1.165, 1.54) is 12.1 Å². The Morgan fingerprint density at radius 2 is 1.62 bits per heavy atom. The van der Waals surface area contributed by atoms with E-state index in [4.69, 9.17) is 42.6 Å². The predicted molar refractivity (Wildman–Crippen MR) is 89.7 cm³/mol. The summed E-state index contributed by atoms with van der Waals surface area (Å²) in [5, 5.41) is 17.3. The van der Waals surface area contributed by atoms with Gasteiger partial charge in [-0.3, -0.25) is 4.79 Å². The van der Waals surface area contributed by atoms with E-state index in [9.17, 15) is 4.79 Å². The van der Waals surface area contributed by atoms with Crippen molar-refractivity contribution in [3.63, 3.8) is 0 Å². The highest BCUT2D eigenvalue weighted by Gasteiger charge is 2.12. The van der Waals surface area contributed by atoms with Crippen molar-refractivity contribution < 1.29 is 24.2 Å². The molecule has 1 aromatic heterocycles. The number of carboxylic acids is 2. The highest BCUT2D eigenvalue weighted by Crippen LogP contribution is 2.29. The first-order valence-corrected chi connectivity index (χ1v) is 7.31. The van der Waals surface area contributed by atoms with E-state index in [-0.39, 0.29) is 5.56 Å². The molecular weight excluding hydrogens is 357 g/mol. The molecule has 0 aliphatic carbocycles. The van der Waals surface area contributed by atoms with Crippen molar-refractivity contribution in [1.82, 2.24) is 4.98 Å². The molecule has 0 amide bonds. The van der Waals surface area contributed by atoms with Gasteiger partial charge in [-0.05, 0) is 36.4 Å². The third-order valence-corrected chi connectivity index (χ3v) is 3.18. The standard InChI is InChI=1S/C14H7Cl2NO3.C2H4O2/c15-9-3-8(4-10(16)6-9)13-17-11-2-1-7(14(18)19)5-12(11)20-13;1-2(3)4/h1-6H,(H,18,19);1H3,(H,3,4). The summed E-state index contributed by atoms with van der Waals surface area (Å²) in [7, 11) is 0. The number of hydrogen-bond acceptors (Lipinski definition) is 4. The molecule has 0 unspecified atom stereocenters. The number of carboxylic acid groups (broad SMARTS) is 2. The number of fused-ring (bicyclic) bond motifs is 1. The largest absolute Gasteiger partial charge is 0.481 e. The Balaban J connectivity index is 0.000000471. The van der Waals surface area contributed by atoms with Crippen LogP contribution in [0.15, 0.2) is 40.8 Å². The van der Waals surface area contributed by atoms with Crippen LogP contribution in [0.25, 0.3) is 22.6 Å². The molecule has 2 N–H and O–H groups in total. The zero-order valence-electron chi connectivity index (χ0n) is 12.3. The van der Waals surface area contributed by atoms with Crippen molar-refractivity contribution >= 4 is 46.2 Å². The Morgan fingerprint density at radius 3 is 2.17 bits per heavy atom. The minimum Gasteiger partial charge on any atom is -0.481 e. The Morgan fingerprint density at radius 1 is 1.04 bits per heavy atom. The zero-order chi connectivity index (χ0) is 17.9. The van der Waals surface area contributed by atoms with Crippen molar-refractivity contribution in [3.8, 4) is 11.5 Å². The zero-order valence-corrected chi connectivity index (χ0v) is 13.8. The molecular formula is C16H11Cl2NO5. The second kappa shape index (κ2) is 7.33. The average molecular weight is 368 g/mol. The lowest BCUT2D eigenvalue weighted by atomic mass is 10.2. The molecule has 0 spiro atoms. The van der Waals surface area contributed by atoms with Crippen molar-refractivity contribution in [1.29, 1.82) is 0 Å². The van der Waals surface area contributed by atoms with E-state index in [2.05, 4.69) is 4.98 Å². The van der Waals surface area contributed by atoms with Crippen LogP contribution in [0, 0.1) is 0 Å². The molecule has 0 fully saturated rings. The van der Waals surface area contributed by atoms with Gasteiger partial charge in [-0.15, -0.1) is 0 Å². The van der Waals surface area contributed by atoms with E-state index < -0.39 is 11.9 Å². The normalized spacial score (nSPS) is 10.1. The molecule has 2 aromatic carbocycles. The van der Waals surface area contributed by atoms with Gasteiger partial charge in [0.2, 0.25) is 5.89 Å². The van der Waals surface area contributed by atoms with Crippen LogP contribution < -0.4 is 0 Å². The number of aliphatic carboxylic acids is 1. The predicted octanol–water partition coefficient (Wildman–Crippen LogP) is 4.59. The first kappa shape index (κ1) is 17.8. The first-order chi connectivity index (χ1) is 11.3. The second-order valence-electron chi connectivity index (χ2n) is 4.68. The van der Waals surface area contributed by atoms with Crippen molar-refractivity contribution in [2.24, 2.45) is 0 Å². The number of rotatable bonds is 2. The monoisotopic (exact) mass is 367 g/mol. The van der Waals surface area contributed by atoms with Gasteiger partial charge in [0.25, 0.3) is 5.97 Å². The van der Waals surface area contributed by atoms with Crippen LogP contribution in [0.3, 0.4) is 0 Å².